The Morgan fingerprint density at radius 1 is 1.07 bits per heavy atom. The zero-order valence-electron chi connectivity index (χ0n) is 14.3. The highest BCUT2D eigenvalue weighted by Gasteiger charge is 2.14. The predicted octanol–water partition coefficient (Wildman–Crippen LogP) is 5.23. The maximum atomic E-state index is 13.4. The van der Waals surface area contributed by atoms with Crippen LogP contribution < -0.4 is 5.56 Å². The summed E-state index contributed by atoms with van der Waals surface area (Å²) in [4.78, 5) is 18.3. The molecule has 0 saturated carbocycles. The van der Waals surface area contributed by atoms with Crippen molar-refractivity contribution in [1.82, 2.24) is 9.55 Å². The van der Waals surface area contributed by atoms with E-state index in [1.54, 1.807) is 7.05 Å². The van der Waals surface area contributed by atoms with E-state index in [0.717, 1.165) is 22.6 Å². The Morgan fingerprint density at radius 2 is 1.85 bits per heavy atom. The van der Waals surface area contributed by atoms with Crippen molar-refractivity contribution in [3.05, 3.63) is 82.1 Å². The minimum absolute atomic E-state index is 0.111. The van der Waals surface area contributed by atoms with E-state index in [4.69, 9.17) is 0 Å². The van der Waals surface area contributed by atoms with Crippen LogP contribution in [0.3, 0.4) is 0 Å². The van der Waals surface area contributed by atoms with Gasteiger partial charge in [-0.15, -0.1) is 11.3 Å². The van der Waals surface area contributed by atoms with Crippen molar-refractivity contribution >= 4 is 33.3 Å². The molecule has 0 bridgehead atoms. The summed E-state index contributed by atoms with van der Waals surface area (Å²) in [5.74, 6) is -1.36. The Hall–Kier alpha value is -2.51. The normalized spacial score (nSPS) is 11.2. The second-order valence-electron chi connectivity index (χ2n) is 5.99. The van der Waals surface area contributed by atoms with Crippen LogP contribution in [0.15, 0.2) is 64.5 Å². The van der Waals surface area contributed by atoms with E-state index in [9.17, 15) is 13.6 Å². The van der Waals surface area contributed by atoms with Gasteiger partial charge in [-0.05, 0) is 29.3 Å². The number of fused-ring (bicyclic) bond motifs is 1. The van der Waals surface area contributed by atoms with Gasteiger partial charge in [0, 0.05) is 17.7 Å². The number of rotatable bonds is 4. The van der Waals surface area contributed by atoms with Crippen LogP contribution in [0.5, 0.6) is 0 Å². The lowest BCUT2D eigenvalue weighted by Gasteiger charge is -2.07. The molecule has 4 aromatic rings. The number of aromatic nitrogens is 2. The van der Waals surface area contributed by atoms with E-state index in [1.807, 2.05) is 36.4 Å². The number of thiophene rings is 1. The van der Waals surface area contributed by atoms with Crippen LogP contribution in [0, 0.1) is 11.6 Å². The number of halogens is 2. The van der Waals surface area contributed by atoms with Gasteiger partial charge in [0.05, 0.1) is 5.52 Å². The van der Waals surface area contributed by atoms with Crippen LogP contribution in [-0.4, -0.2) is 9.55 Å². The molecule has 0 fully saturated rings. The second-order valence-corrected chi connectivity index (χ2v) is 7.98. The van der Waals surface area contributed by atoms with Gasteiger partial charge in [-0.2, -0.15) is 0 Å². The molecule has 0 aliphatic carbocycles. The predicted molar refractivity (Wildman–Crippen MR) is 106 cm³/mol. The third kappa shape index (κ3) is 3.52. The molecular weight excluding hydrogens is 386 g/mol. The molecule has 2 aromatic heterocycles. The molecule has 2 aromatic carbocycles. The molecule has 27 heavy (non-hydrogen) atoms. The van der Waals surface area contributed by atoms with Crippen molar-refractivity contribution in [2.45, 2.75) is 10.9 Å². The first-order valence-electron chi connectivity index (χ1n) is 8.15. The third-order valence-electron chi connectivity index (χ3n) is 4.12. The summed E-state index contributed by atoms with van der Waals surface area (Å²) in [6, 6.07) is 15.5. The average molecular weight is 400 g/mol. The van der Waals surface area contributed by atoms with E-state index in [-0.39, 0.29) is 5.56 Å². The van der Waals surface area contributed by atoms with Gasteiger partial charge in [0.2, 0.25) is 0 Å². The molecule has 3 nitrogen and oxygen atoms in total. The van der Waals surface area contributed by atoms with Crippen LogP contribution in [0.4, 0.5) is 8.78 Å². The second kappa shape index (κ2) is 7.25. The highest BCUT2D eigenvalue weighted by atomic mass is 32.2. The number of benzene rings is 2. The van der Waals surface area contributed by atoms with Crippen molar-refractivity contribution < 1.29 is 8.78 Å². The lowest BCUT2D eigenvalue weighted by molar-refractivity contribution is 0.507. The fourth-order valence-corrected chi connectivity index (χ4v) is 4.68. The highest BCUT2D eigenvalue weighted by molar-refractivity contribution is 7.98. The summed E-state index contributed by atoms with van der Waals surface area (Å²) >= 11 is 2.74. The SMILES string of the molecule is Cn1c(SCc2ccc(F)c(F)c2)nc2cc(-c3ccccc3)sc2c1=O. The van der Waals surface area contributed by atoms with Crippen molar-refractivity contribution in [2.75, 3.05) is 0 Å². The molecule has 136 valence electrons. The van der Waals surface area contributed by atoms with Gasteiger partial charge in [-0.1, -0.05) is 48.2 Å². The first-order chi connectivity index (χ1) is 13.0. The maximum Gasteiger partial charge on any atom is 0.271 e. The Balaban J connectivity index is 1.68. The summed E-state index contributed by atoms with van der Waals surface area (Å²) in [6.07, 6.45) is 0. The fraction of sp³-hybridized carbons (Fsp3) is 0.100. The molecule has 0 atom stereocenters. The van der Waals surface area contributed by atoms with Crippen molar-refractivity contribution in [3.63, 3.8) is 0 Å². The average Bonchev–Trinajstić information content (AvgIpc) is 3.11. The van der Waals surface area contributed by atoms with E-state index in [2.05, 4.69) is 4.98 Å². The minimum atomic E-state index is -0.879. The van der Waals surface area contributed by atoms with Gasteiger partial charge in [0.1, 0.15) is 4.70 Å². The standard InChI is InChI=1S/C20H14F2N2OS2/c1-24-19(25)18-16(10-17(27-18)13-5-3-2-4-6-13)23-20(24)26-11-12-7-8-14(21)15(22)9-12/h2-10H,11H2,1H3. The smallest absolute Gasteiger partial charge is 0.271 e. The molecule has 0 spiro atoms. The van der Waals surface area contributed by atoms with Crippen LogP contribution in [0.25, 0.3) is 20.7 Å². The van der Waals surface area contributed by atoms with Crippen molar-refractivity contribution in [1.29, 1.82) is 0 Å². The topological polar surface area (TPSA) is 34.9 Å². The monoisotopic (exact) mass is 400 g/mol. The number of hydrogen-bond donors (Lipinski definition) is 0. The first-order valence-corrected chi connectivity index (χ1v) is 9.96. The van der Waals surface area contributed by atoms with Crippen LogP contribution in [-0.2, 0) is 12.8 Å². The molecule has 0 saturated heterocycles. The van der Waals surface area contributed by atoms with Gasteiger partial charge >= 0.3 is 0 Å². The summed E-state index contributed by atoms with van der Waals surface area (Å²) in [5.41, 5.74) is 2.21. The van der Waals surface area contributed by atoms with Gasteiger partial charge in [0.15, 0.2) is 16.8 Å². The Labute approximate surface area is 162 Å². The van der Waals surface area contributed by atoms with Crippen molar-refractivity contribution in [2.24, 2.45) is 7.05 Å². The summed E-state index contributed by atoms with van der Waals surface area (Å²) in [6.45, 7) is 0. The lowest BCUT2D eigenvalue weighted by Crippen LogP contribution is -2.18. The Morgan fingerprint density at radius 3 is 2.59 bits per heavy atom. The van der Waals surface area contributed by atoms with E-state index in [1.165, 1.54) is 33.7 Å². The number of hydrogen-bond acceptors (Lipinski definition) is 4. The molecule has 4 rings (SSSR count). The molecule has 0 N–H and O–H groups in total. The summed E-state index contributed by atoms with van der Waals surface area (Å²) < 4.78 is 28.5. The molecule has 0 unspecified atom stereocenters. The lowest BCUT2D eigenvalue weighted by atomic mass is 10.2. The van der Waals surface area contributed by atoms with E-state index in [0.29, 0.717) is 26.7 Å². The molecule has 0 radical (unpaired) electrons. The fourth-order valence-electron chi connectivity index (χ4n) is 2.69. The van der Waals surface area contributed by atoms with Crippen molar-refractivity contribution in [3.8, 4) is 10.4 Å². The maximum absolute atomic E-state index is 13.4. The summed E-state index contributed by atoms with van der Waals surface area (Å²) in [5, 5.41) is 0.537. The summed E-state index contributed by atoms with van der Waals surface area (Å²) in [7, 11) is 1.67. The van der Waals surface area contributed by atoms with E-state index >= 15 is 0 Å². The number of thioether (sulfide) groups is 1. The molecule has 0 aliphatic heterocycles. The largest absolute Gasteiger partial charge is 0.290 e. The Kier molecular flexibility index (Phi) is 4.80. The number of nitrogens with zero attached hydrogens (tertiary/aromatic N) is 2. The third-order valence-corrected chi connectivity index (χ3v) is 6.39. The minimum Gasteiger partial charge on any atom is -0.290 e. The Bertz CT molecular complexity index is 1190. The highest BCUT2D eigenvalue weighted by Crippen LogP contribution is 2.32. The first kappa shape index (κ1) is 17.9. The van der Waals surface area contributed by atoms with Gasteiger partial charge < -0.3 is 0 Å². The zero-order valence-corrected chi connectivity index (χ0v) is 15.9. The molecule has 7 heteroatoms. The molecule has 2 heterocycles. The van der Waals surface area contributed by atoms with Gasteiger partial charge in [-0.3, -0.25) is 9.36 Å². The van der Waals surface area contributed by atoms with Crippen LogP contribution in [0.2, 0.25) is 0 Å². The zero-order chi connectivity index (χ0) is 19.0. The van der Waals surface area contributed by atoms with Gasteiger partial charge in [0.25, 0.3) is 5.56 Å². The van der Waals surface area contributed by atoms with Crippen LogP contribution in [0.1, 0.15) is 5.56 Å². The van der Waals surface area contributed by atoms with E-state index < -0.39 is 11.6 Å². The molecule has 0 aliphatic rings. The quantitative estimate of drug-likeness (QED) is 0.347. The molecular formula is C20H14F2N2OS2. The van der Waals surface area contributed by atoms with Gasteiger partial charge in [-0.25, -0.2) is 13.8 Å². The molecule has 0 amide bonds. The van der Waals surface area contributed by atoms with Crippen LogP contribution >= 0.6 is 23.1 Å².